The SMILES string of the molecule is CSc1ccc(NS(=O)(=O)c2ccc(CCC(=O)[O-])cc2)cc1. The van der Waals surface area contributed by atoms with Crippen molar-refractivity contribution in [3.8, 4) is 0 Å². The fourth-order valence-electron chi connectivity index (χ4n) is 1.95. The van der Waals surface area contributed by atoms with Crippen LogP contribution in [0.15, 0.2) is 58.3 Å². The standard InChI is InChI=1S/C16H17NO4S2/c1-22-14-7-5-13(6-8-14)17-23(20,21)15-9-2-12(3-10-15)4-11-16(18)19/h2-3,5-10,17H,4,11H2,1H3,(H,18,19)/p-1. The van der Waals surface area contributed by atoms with Gasteiger partial charge in [-0.2, -0.15) is 0 Å². The first-order valence-electron chi connectivity index (χ1n) is 6.86. The molecule has 2 aromatic rings. The number of aryl methyl sites for hydroxylation is 1. The van der Waals surface area contributed by atoms with Crippen molar-refractivity contribution in [1.29, 1.82) is 0 Å². The summed E-state index contributed by atoms with van der Waals surface area (Å²) in [6.45, 7) is 0. The predicted octanol–water partition coefficient (Wildman–Crippen LogP) is 1.89. The third-order valence-electron chi connectivity index (χ3n) is 3.19. The van der Waals surface area contributed by atoms with Crippen molar-refractivity contribution >= 4 is 33.4 Å². The van der Waals surface area contributed by atoms with E-state index >= 15 is 0 Å². The van der Waals surface area contributed by atoms with E-state index in [4.69, 9.17) is 0 Å². The average molecular weight is 350 g/mol. The Bertz CT molecular complexity index is 769. The molecule has 0 bridgehead atoms. The summed E-state index contributed by atoms with van der Waals surface area (Å²) in [6.07, 6.45) is 2.17. The van der Waals surface area contributed by atoms with Crippen LogP contribution in [0.4, 0.5) is 5.69 Å². The Kier molecular flexibility index (Phi) is 5.68. The van der Waals surface area contributed by atoms with Gasteiger partial charge in [0.05, 0.1) is 4.90 Å². The van der Waals surface area contributed by atoms with Gasteiger partial charge in [0, 0.05) is 16.6 Å². The van der Waals surface area contributed by atoms with Gasteiger partial charge in [-0.15, -0.1) is 11.8 Å². The third-order valence-corrected chi connectivity index (χ3v) is 5.33. The molecule has 0 radical (unpaired) electrons. The van der Waals surface area contributed by atoms with Gasteiger partial charge in [-0.05, 0) is 61.1 Å². The van der Waals surface area contributed by atoms with Crippen LogP contribution >= 0.6 is 11.8 Å². The molecule has 0 saturated carbocycles. The molecule has 0 spiro atoms. The molecular formula is C16H16NO4S2-. The molecule has 0 aliphatic rings. The van der Waals surface area contributed by atoms with Gasteiger partial charge in [-0.25, -0.2) is 8.42 Å². The molecule has 23 heavy (non-hydrogen) atoms. The van der Waals surface area contributed by atoms with Crippen LogP contribution in [0.3, 0.4) is 0 Å². The zero-order chi connectivity index (χ0) is 16.9. The molecule has 7 heteroatoms. The van der Waals surface area contributed by atoms with Crippen LogP contribution in [0, 0.1) is 0 Å². The number of thioether (sulfide) groups is 1. The second-order valence-electron chi connectivity index (χ2n) is 4.85. The summed E-state index contributed by atoms with van der Waals surface area (Å²) in [6, 6.07) is 13.2. The molecule has 5 nitrogen and oxygen atoms in total. The second-order valence-corrected chi connectivity index (χ2v) is 7.41. The monoisotopic (exact) mass is 350 g/mol. The molecule has 0 unspecified atom stereocenters. The van der Waals surface area contributed by atoms with Crippen LogP contribution in [0.5, 0.6) is 0 Å². The van der Waals surface area contributed by atoms with E-state index in [1.807, 2.05) is 18.4 Å². The lowest BCUT2D eigenvalue weighted by Gasteiger charge is -2.09. The van der Waals surface area contributed by atoms with Gasteiger partial charge < -0.3 is 9.90 Å². The van der Waals surface area contributed by atoms with Gasteiger partial charge in [-0.1, -0.05) is 12.1 Å². The number of benzene rings is 2. The first kappa shape index (κ1) is 17.4. The van der Waals surface area contributed by atoms with E-state index in [2.05, 4.69) is 4.72 Å². The van der Waals surface area contributed by atoms with Gasteiger partial charge in [0.25, 0.3) is 10.0 Å². The Morgan fingerprint density at radius 3 is 2.22 bits per heavy atom. The van der Waals surface area contributed by atoms with Crippen molar-refractivity contribution in [2.75, 3.05) is 11.0 Å². The molecule has 0 aliphatic carbocycles. The van der Waals surface area contributed by atoms with Crippen molar-refractivity contribution in [1.82, 2.24) is 0 Å². The molecule has 122 valence electrons. The number of nitrogens with one attached hydrogen (secondary N) is 1. The lowest BCUT2D eigenvalue weighted by molar-refractivity contribution is -0.305. The van der Waals surface area contributed by atoms with Crippen molar-refractivity contribution in [2.24, 2.45) is 0 Å². The Hall–Kier alpha value is -1.99. The van der Waals surface area contributed by atoms with Crippen LogP contribution in [0.2, 0.25) is 0 Å². The quantitative estimate of drug-likeness (QED) is 0.771. The molecule has 0 aromatic heterocycles. The first-order chi connectivity index (χ1) is 10.9. The summed E-state index contributed by atoms with van der Waals surface area (Å²) in [4.78, 5) is 11.6. The predicted molar refractivity (Wildman–Crippen MR) is 88.8 cm³/mol. The number of hydrogen-bond acceptors (Lipinski definition) is 5. The highest BCUT2D eigenvalue weighted by Crippen LogP contribution is 2.20. The smallest absolute Gasteiger partial charge is 0.261 e. The van der Waals surface area contributed by atoms with Gasteiger partial charge in [-0.3, -0.25) is 4.72 Å². The highest BCUT2D eigenvalue weighted by Gasteiger charge is 2.13. The Balaban J connectivity index is 2.10. The molecule has 2 rings (SSSR count). The Labute approximate surface area is 139 Å². The lowest BCUT2D eigenvalue weighted by Crippen LogP contribution is -2.22. The number of carbonyl (C=O) groups is 1. The number of sulfonamides is 1. The zero-order valence-corrected chi connectivity index (χ0v) is 14.1. The number of aliphatic carboxylic acids is 1. The molecule has 0 saturated heterocycles. The van der Waals surface area contributed by atoms with Crippen molar-refractivity contribution in [3.05, 3.63) is 54.1 Å². The molecule has 1 N–H and O–H groups in total. The maximum absolute atomic E-state index is 12.3. The fourth-order valence-corrected chi connectivity index (χ4v) is 3.42. The Morgan fingerprint density at radius 2 is 1.70 bits per heavy atom. The van der Waals surface area contributed by atoms with Gasteiger partial charge in [0.1, 0.15) is 0 Å². The van der Waals surface area contributed by atoms with Crippen LogP contribution in [-0.4, -0.2) is 20.6 Å². The summed E-state index contributed by atoms with van der Waals surface area (Å²) in [5.74, 6) is -1.13. The van der Waals surface area contributed by atoms with Crippen molar-refractivity contribution in [3.63, 3.8) is 0 Å². The van der Waals surface area contributed by atoms with E-state index in [0.29, 0.717) is 12.1 Å². The largest absolute Gasteiger partial charge is 0.550 e. The van der Waals surface area contributed by atoms with Crippen LogP contribution in [-0.2, 0) is 21.2 Å². The topological polar surface area (TPSA) is 86.3 Å². The summed E-state index contributed by atoms with van der Waals surface area (Å²) >= 11 is 1.58. The molecule has 0 amide bonds. The number of carboxylic acid groups (broad SMARTS) is 1. The second kappa shape index (κ2) is 7.52. The van der Waals surface area contributed by atoms with Gasteiger partial charge in [0.2, 0.25) is 0 Å². The highest BCUT2D eigenvalue weighted by molar-refractivity contribution is 7.98. The summed E-state index contributed by atoms with van der Waals surface area (Å²) in [5.41, 5.74) is 1.24. The molecule has 0 aliphatic heterocycles. The minimum absolute atomic E-state index is 0.0911. The number of carboxylic acids is 1. The molecule has 0 heterocycles. The number of anilines is 1. The van der Waals surface area contributed by atoms with E-state index in [9.17, 15) is 18.3 Å². The highest BCUT2D eigenvalue weighted by atomic mass is 32.2. The van der Waals surface area contributed by atoms with Gasteiger partial charge in [0.15, 0.2) is 0 Å². The van der Waals surface area contributed by atoms with E-state index in [0.717, 1.165) is 10.5 Å². The van der Waals surface area contributed by atoms with Crippen molar-refractivity contribution in [2.45, 2.75) is 22.6 Å². The molecule has 0 fully saturated rings. The number of hydrogen-bond donors (Lipinski definition) is 1. The maximum Gasteiger partial charge on any atom is 0.261 e. The van der Waals surface area contributed by atoms with E-state index in [-0.39, 0.29) is 11.3 Å². The lowest BCUT2D eigenvalue weighted by atomic mass is 10.1. The summed E-state index contributed by atoms with van der Waals surface area (Å²) in [7, 11) is -3.67. The van der Waals surface area contributed by atoms with Crippen LogP contribution < -0.4 is 9.83 Å². The van der Waals surface area contributed by atoms with Gasteiger partial charge >= 0.3 is 0 Å². The Morgan fingerprint density at radius 1 is 1.09 bits per heavy atom. The first-order valence-corrected chi connectivity index (χ1v) is 9.57. The third kappa shape index (κ3) is 5.01. The van der Waals surface area contributed by atoms with Crippen LogP contribution in [0.1, 0.15) is 12.0 Å². The molecule has 2 aromatic carbocycles. The van der Waals surface area contributed by atoms with E-state index < -0.39 is 16.0 Å². The number of rotatable bonds is 7. The summed E-state index contributed by atoms with van der Waals surface area (Å²) < 4.78 is 27.1. The van der Waals surface area contributed by atoms with Crippen LogP contribution in [0.25, 0.3) is 0 Å². The minimum atomic E-state index is -3.67. The van der Waals surface area contributed by atoms with E-state index in [1.54, 1.807) is 36.0 Å². The number of carbonyl (C=O) groups excluding carboxylic acids is 1. The molecular weight excluding hydrogens is 334 g/mol. The van der Waals surface area contributed by atoms with E-state index in [1.165, 1.54) is 12.1 Å². The minimum Gasteiger partial charge on any atom is -0.550 e. The average Bonchev–Trinajstić information content (AvgIpc) is 2.53. The fraction of sp³-hybridized carbons (Fsp3) is 0.188. The summed E-state index contributed by atoms with van der Waals surface area (Å²) in [5, 5.41) is 10.4. The normalized spacial score (nSPS) is 11.2. The van der Waals surface area contributed by atoms with Crippen molar-refractivity contribution < 1.29 is 18.3 Å². The molecule has 0 atom stereocenters. The maximum atomic E-state index is 12.3. The zero-order valence-electron chi connectivity index (χ0n) is 12.5.